The zero-order valence-corrected chi connectivity index (χ0v) is 19.2. The summed E-state index contributed by atoms with van der Waals surface area (Å²) in [6.07, 6.45) is 0.916. The Morgan fingerprint density at radius 2 is 1.54 bits per heavy atom. The van der Waals surface area contributed by atoms with Gasteiger partial charge in [-0.25, -0.2) is 5.48 Å². The average Bonchev–Trinajstić information content (AvgIpc) is 2.84. The van der Waals surface area contributed by atoms with E-state index in [4.69, 9.17) is 5.21 Å². The third kappa shape index (κ3) is 9.98. The molecule has 6 N–H and O–H groups in total. The molecule has 35 heavy (non-hydrogen) atoms. The molecular formula is C26H34N4O5. The molecule has 2 aromatic carbocycles. The van der Waals surface area contributed by atoms with Gasteiger partial charge in [0.25, 0.3) is 11.8 Å². The van der Waals surface area contributed by atoms with Crippen LogP contribution < -0.4 is 21.4 Å². The van der Waals surface area contributed by atoms with E-state index in [1.165, 1.54) is 12.4 Å². The molecule has 0 spiro atoms. The van der Waals surface area contributed by atoms with Gasteiger partial charge >= 0.3 is 0 Å². The standard InChI is InChI=1S/C25H30N4O5.CH4/c1-3-4-15-26-16-22(31)27-21-13-9-19(10-14-21)6-5-18-7-11-20(12-8-18)24(32)28-23(17(2)30)25(33)29-34;/h7-14,17,23,26,30,34H,3-4,15-16H2,1-2H3,(H,27,31)(H,28,32)(H,29,33);1H4/t17-,23+;/m1./s1. The SMILES string of the molecule is C.CCCCNCC(=O)Nc1ccc(C#Cc2ccc(C(=O)N[C@H](C(=O)NO)[C@@H](C)O)cc2)cc1. The van der Waals surface area contributed by atoms with Crippen molar-refractivity contribution in [1.29, 1.82) is 0 Å². The monoisotopic (exact) mass is 482 g/mol. The van der Waals surface area contributed by atoms with Crippen LogP contribution in [0.1, 0.15) is 55.6 Å². The lowest BCUT2D eigenvalue weighted by atomic mass is 10.1. The number of nitrogens with one attached hydrogen (secondary N) is 4. The molecule has 2 atom stereocenters. The van der Waals surface area contributed by atoms with Gasteiger partial charge in [0.15, 0.2) is 0 Å². The minimum Gasteiger partial charge on any atom is -0.391 e. The highest BCUT2D eigenvalue weighted by Crippen LogP contribution is 2.10. The van der Waals surface area contributed by atoms with Gasteiger partial charge in [-0.1, -0.05) is 32.6 Å². The summed E-state index contributed by atoms with van der Waals surface area (Å²) in [6, 6.07) is 12.3. The Balaban J connectivity index is 0.00000612. The quantitative estimate of drug-likeness (QED) is 0.133. The van der Waals surface area contributed by atoms with E-state index < -0.39 is 24.0 Å². The molecule has 9 heteroatoms. The first-order valence-electron chi connectivity index (χ1n) is 11.0. The van der Waals surface area contributed by atoms with Crippen LogP contribution in [0, 0.1) is 11.8 Å². The number of rotatable bonds is 10. The first-order valence-corrected chi connectivity index (χ1v) is 11.0. The fraction of sp³-hybridized carbons (Fsp3) is 0.346. The Kier molecular flexibility index (Phi) is 12.8. The first kappa shape index (κ1) is 29.3. The number of hydroxylamine groups is 1. The summed E-state index contributed by atoms with van der Waals surface area (Å²) in [4.78, 5) is 35.8. The van der Waals surface area contributed by atoms with Crippen molar-refractivity contribution >= 4 is 23.4 Å². The molecule has 0 unspecified atom stereocenters. The topological polar surface area (TPSA) is 140 Å². The van der Waals surface area contributed by atoms with Crippen LogP contribution in [0.2, 0.25) is 0 Å². The van der Waals surface area contributed by atoms with Crippen LogP contribution in [0.5, 0.6) is 0 Å². The Morgan fingerprint density at radius 1 is 0.971 bits per heavy atom. The molecule has 0 heterocycles. The number of carbonyl (C=O) groups is 3. The number of hydrogen-bond acceptors (Lipinski definition) is 6. The van der Waals surface area contributed by atoms with Crippen molar-refractivity contribution in [2.24, 2.45) is 0 Å². The molecule has 0 saturated heterocycles. The largest absolute Gasteiger partial charge is 0.391 e. The summed E-state index contributed by atoms with van der Waals surface area (Å²) in [5, 5.41) is 26.6. The fourth-order valence-corrected chi connectivity index (χ4v) is 2.89. The number of anilines is 1. The summed E-state index contributed by atoms with van der Waals surface area (Å²) >= 11 is 0. The molecule has 0 aromatic heterocycles. The number of amides is 3. The van der Waals surface area contributed by atoms with Gasteiger partial charge < -0.3 is 21.1 Å². The molecule has 3 amide bonds. The molecule has 2 aromatic rings. The minimum atomic E-state index is -1.29. The molecule has 0 fully saturated rings. The molecule has 0 aliphatic carbocycles. The molecule has 2 rings (SSSR count). The summed E-state index contributed by atoms with van der Waals surface area (Å²) in [7, 11) is 0. The third-order valence-corrected chi connectivity index (χ3v) is 4.82. The van der Waals surface area contributed by atoms with Gasteiger partial charge in [-0.05, 0) is 68.4 Å². The van der Waals surface area contributed by atoms with Crippen LogP contribution in [0.4, 0.5) is 5.69 Å². The van der Waals surface area contributed by atoms with Gasteiger partial charge in [0.1, 0.15) is 6.04 Å². The molecule has 188 valence electrons. The number of hydrogen-bond donors (Lipinski definition) is 6. The molecular weight excluding hydrogens is 448 g/mol. The second-order valence-electron chi connectivity index (χ2n) is 7.65. The van der Waals surface area contributed by atoms with E-state index in [9.17, 15) is 19.5 Å². The number of aliphatic hydroxyl groups is 1. The maximum atomic E-state index is 12.3. The summed E-state index contributed by atoms with van der Waals surface area (Å²) in [5.74, 6) is 4.42. The highest BCUT2D eigenvalue weighted by Gasteiger charge is 2.25. The van der Waals surface area contributed by atoms with Gasteiger partial charge in [-0.15, -0.1) is 0 Å². The maximum Gasteiger partial charge on any atom is 0.268 e. The number of aliphatic hydroxyl groups excluding tert-OH is 1. The molecule has 0 radical (unpaired) electrons. The lowest BCUT2D eigenvalue weighted by Crippen LogP contribution is -2.51. The molecule has 9 nitrogen and oxygen atoms in total. The van der Waals surface area contributed by atoms with E-state index in [1.54, 1.807) is 48.5 Å². The second-order valence-corrected chi connectivity index (χ2v) is 7.65. The van der Waals surface area contributed by atoms with E-state index in [2.05, 4.69) is 34.7 Å². The lowest BCUT2D eigenvalue weighted by molar-refractivity contribution is -0.133. The number of unbranched alkanes of at least 4 members (excludes halogenated alkanes) is 1. The van der Waals surface area contributed by atoms with Gasteiger partial charge in [0, 0.05) is 22.4 Å². The zero-order valence-electron chi connectivity index (χ0n) is 19.2. The normalized spacial score (nSPS) is 11.7. The lowest BCUT2D eigenvalue weighted by Gasteiger charge is -2.19. The van der Waals surface area contributed by atoms with Gasteiger partial charge in [-0.3, -0.25) is 19.6 Å². The summed E-state index contributed by atoms with van der Waals surface area (Å²) in [6.45, 7) is 4.50. The zero-order chi connectivity index (χ0) is 24.9. The van der Waals surface area contributed by atoms with Gasteiger partial charge in [0.05, 0.1) is 12.6 Å². The molecule has 0 bridgehead atoms. The van der Waals surface area contributed by atoms with Crippen molar-refractivity contribution in [3.63, 3.8) is 0 Å². The summed E-state index contributed by atoms with van der Waals surface area (Å²) in [5.41, 5.74) is 3.81. The van der Waals surface area contributed by atoms with Crippen molar-refractivity contribution in [1.82, 2.24) is 16.1 Å². The van der Waals surface area contributed by atoms with Crippen LogP contribution in [0.3, 0.4) is 0 Å². The van der Waals surface area contributed by atoms with E-state index >= 15 is 0 Å². The van der Waals surface area contributed by atoms with Gasteiger partial charge in [-0.2, -0.15) is 0 Å². The highest BCUT2D eigenvalue weighted by molar-refractivity contribution is 5.97. The molecule has 0 aliphatic rings. The second kappa shape index (κ2) is 15.2. The van der Waals surface area contributed by atoms with Crippen LogP contribution in [0.15, 0.2) is 48.5 Å². The minimum absolute atomic E-state index is 0. The number of carbonyl (C=O) groups excluding carboxylic acids is 3. The van der Waals surface area contributed by atoms with Crippen LogP contribution in [0.25, 0.3) is 0 Å². The van der Waals surface area contributed by atoms with Crippen molar-refractivity contribution in [2.75, 3.05) is 18.4 Å². The summed E-state index contributed by atoms with van der Waals surface area (Å²) < 4.78 is 0. The van der Waals surface area contributed by atoms with Crippen molar-refractivity contribution in [2.45, 2.75) is 46.3 Å². The van der Waals surface area contributed by atoms with E-state index in [0.717, 1.165) is 24.9 Å². The van der Waals surface area contributed by atoms with Crippen LogP contribution >= 0.6 is 0 Å². The average molecular weight is 483 g/mol. The van der Waals surface area contributed by atoms with E-state index in [1.807, 2.05) is 0 Å². The van der Waals surface area contributed by atoms with Crippen molar-refractivity contribution < 1.29 is 24.7 Å². The van der Waals surface area contributed by atoms with Gasteiger partial charge in [0.2, 0.25) is 5.91 Å². The van der Waals surface area contributed by atoms with Crippen molar-refractivity contribution in [3.8, 4) is 11.8 Å². The fourth-order valence-electron chi connectivity index (χ4n) is 2.89. The third-order valence-electron chi connectivity index (χ3n) is 4.82. The smallest absolute Gasteiger partial charge is 0.268 e. The Labute approximate surface area is 206 Å². The van der Waals surface area contributed by atoms with Crippen molar-refractivity contribution in [3.05, 3.63) is 65.2 Å². The Hall–Kier alpha value is -3.71. The molecule has 0 aliphatic heterocycles. The Bertz CT molecular complexity index is 1020. The maximum absolute atomic E-state index is 12.3. The van der Waals surface area contributed by atoms with E-state index in [-0.39, 0.29) is 25.4 Å². The predicted molar refractivity (Wildman–Crippen MR) is 135 cm³/mol. The predicted octanol–water partition coefficient (Wildman–Crippen LogP) is 2.04. The van der Waals surface area contributed by atoms with E-state index in [0.29, 0.717) is 11.3 Å². The first-order chi connectivity index (χ1) is 16.3. The molecule has 0 saturated carbocycles. The van der Waals surface area contributed by atoms with Crippen LogP contribution in [-0.2, 0) is 9.59 Å². The highest BCUT2D eigenvalue weighted by atomic mass is 16.5. The number of benzene rings is 2. The Morgan fingerprint density at radius 3 is 2.06 bits per heavy atom. The van der Waals surface area contributed by atoms with Crippen LogP contribution in [-0.4, -0.2) is 53.3 Å².